The van der Waals surface area contributed by atoms with Crippen LogP contribution in [-0.2, 0) is 14.3 Å². The number of hydrogen-bond donors (Lipinski definition) is 1. The van der Waals surface area contributed by atoms with Crippen molar-refractivity contribution in [3.63, 3.8) is 0 Å². The molecule has 266 valence electrons. The molecule has 0 aromatic heterocycles. The van der Waals surface area contributed by atoms with Gasteiger partial charge in [0.2, 0.25) is 0 Å². The second-order valence-electron chi connectivity index (χ2n) is 13.3. The molecule has 0 saturated heterocycles. The van der Waals surface area contributed by atoms with Crippen LogP contribution in [-0.4, -0.2) is 37.0 Å². The number of rotatable bonds is 37. The van der Waals surface area contributed by atoms with E-state index in [1.165, 1.54) is 167 Å². The van der Waals surface area contributed by atoms with Crippen LogP contribution in [0.15, 0.2) is 24.3 Å². The Morgan fingerprint density at radius 1 is 0.511 bits per heavy atom. The first-order chi connectivity index (χ1) is 22.2. The van der Waals surface area contributed by atoms with E-state index in [1.54, 1.807) is 0 Å². The van der Waals surface area contributed by atoms with E-state index in [2.05, 4.69) is 38.2 Å². The molecule has 4 nitrogen and oxygen atoms in total. The third-order valence-corrected chi connectivity index (χ3v) is 8.75. The number of unbranched alkanes of at least 4 members (excludes halogenated alkanes) is 25. The van der Waals surface area contributed by atoms with Crippen LogP contribution >= 0.6 is 0 Å². The lowest BCUT2D eigenvalue weighted by atomic mass is 10.1. The normalized spacial score (nSPS) is 12.5. The van der Waals surface area contributed by atoms with Gasteiger partial charge in [-0.1, -0.05) is 160 Å². The molecule has 0 spiro atoms. The molecule has 1 unspecified atom stereocenters. The van der Waals surface area contributed by atoms with Gasteiger partial charge >= 0.3 is 5.97 Å². The minimum atomic E-state index is -0.534. The van der Waals surface area contributed by atoms with Crippen molar-refractivity contribution >= 4 is 5.97 Å². The fraction of sp³-hybridized carbons (Fsp3) is 0.878. The van der Waals surface area contributed by atoms with Gasteiger partial charge in [-0.05, 0) is 64.2 Å². The molecule has 1 atom stereocenters. The Morgan fingerprint density at radius 2 is 0.867 bits per heavy atom. The van der Waals surface area contributed by atoms with Crippen LogP contribution in [0.1, 0.15) is 206 Å². The molecule has 0 amide bonds. The summed E-state index contributed by atoms with van der Waals surface area (Å²) >= 11 is 0. The minimum absolute atomic E-state index is 0.172. The number of ether oxygens (including phenoxy) is 2. The number of allylic oxidation sites excluding steroid dienone is 4. The molecular formula is C41H78O4. The molecular weight excluding hydrogens is 556 g/mol. The summed E-state index contributed by atoms with van der Waals surface area (Å²) in [4.78, 5) is 12.2. The molecule has 0 aliphatic rings. The molecule has 4 heteroatoms. The lowest BCUT2D eigenvalue weighted by molar-refractivity contribution is -0.154. The molecule has 0 aliphatic carbocycles. The van der Waals surface area contributed by atoms with E-state index in [4.69, 9.17) is 9.47 Å². The highest BCUT2D eigenvalue weighted by atomic mass is 16.6. The van der Waals surface area contributed by atoms with E-state index in [1.807, 2.05) is 0 Å². The largest absolute Gasteiger partial charge is 0.457 e. The number of carbonyl (C=O) groups excluding carboxylic acids is 1. The maximum absolute atomic E-state index is 12.2. The smallest absolute Gasteiger partial charge is 0.306 e. The van der Waals surface area contributed by atoms with Crippen molar-refractivity contribution in [2.45, 2.75) is 213 Å². The molecule has 45 heavy (non-hydrogen) atoms. The quantitative estimate of drug-likeness (QED) is 0.0420. The molecule has 0 bridgehead atoms. The number of carbonyl (C=O) groups is 1. The van der Waals surface area contributed by atoms with Crippen LogP contribution in [0.3, 0.4) is 0 Å². The fourth-order valence-electron chi connectivity index (χ4n) is 5.73. The Bertz CT molecular complexity index is 629. The maximum Gasteiger partial charge on any atom is 0.306 e. The highest BCUT2D eigenvalue weighted by molar-refractivity contribution is 5.69. The molecule has 0 aliphatic heterocycles. The minimum Gasteiger partial charge on any atom is -0.457 e. The van der Waals surface area contributed by atoms with Crippen molar-refractivity contribution < 1.29 is 19.4 Å². The predicted octanol–water partition coefficient (Wildman–Crippen LogP) is 12.8. The Balaban J connectivity index is 3.42. The maximum atomic E-state index is 12.2. The average Bonchev–Trinajstić information content (AvgIpc) is 3.05. The Labute approximate surface area is 281 Å². The third-order valence-electron chi connectivity index (χ3n) is 8.75. The van der Waals surface area contributed by atoms with Crippen molar-refractivity contribution in [1.29, 1.82) is 0 Å². The van der Waals surface area contributed by atoms with E-state index in [-0.39, 0.29) is 12.6 Å². The molecule has 0 aromatic rings. The van der Waals surface area contributed by atoms with Crippen molar-refractivity contribution in [2.75, 3.05) is 19.8 Å². The van der Waals surface area contributed by atoms with Gasteiger partial charge in [0.15, 0.2) is 0 Å². The van der Waals surface area contributed by atoms with Crippen molar-refractivity contribution in [3.8, 4) is 0 Å². The Morgan fingerprint density at radius 3 is 1.29 bits per heavy atom. The Hall–Kier alpha value is -1.13. The standard InChI is InChI=1S/C41H78O4/c1-3-5-7-9-11-13-15-17-19-20-21-22-23-24-26-28-30-32-34-36-41(43)45-40(38-42)39-44-37-35-33-31-29-27-25-18-16-14-12-10-8-6-4-2/h14,16-17,19,40,42H,3-13,15,18,20-39H2,1-2H3/b16-14-,19-17-. The van der Waals surface area contributed by atoms with Crippen LogP contribution in [0.25, 0.3) is 0 Å². The first-order valence-corrected chi connectivity index (χ1v) is 19.9. The molecule has 0 saturated carbocycles. The van der Waals surface area contributed by atoms with E-state index in [0.29, 0.717) is 19.6 Å². The predicted molar refractivity (Wildman–Crippen MR) is 196 cm³/mol. The van der Waals surface area contributed by atoms with Gasteiger partial charge in [-0.2, -0.15) is 0 Å². The van der Waals surface area contributed by atoms with Crippen LogP contribution in [0.5, 0.6) is 0 Å². The fourth-order valence-corrected chi connectivity index (χ4v) is 5.73. The molecule has 0 radical (unpaired) electrons. The molecule has 0 aromatic carbocycles. The monoisotopic (exact) mass is 635 g/mol. The lowest BCUT2D eigenvalue weighted by Crippen LogP contribution is -2.27. The van der Waals surface area contributed by atoms with Crippen LogP contribution < -0.4 is 0 Å². The van der Waals surface area contributed by atoms with Gasteiger partial charge in [0.25, 0.3) is 0 Å². The van der Waals surface area contributed by atoms with E-state index >= 15 is 0 Å². The van der Waals surface area contributed by atoms with Gasteiger partial charge in [-0.15, -0.1) is 0 Å². The average molecular weight is 635 g/mol. The van der Waals surface area contributed by atoms with E-state index < -0.39 is 6.10 Å². The van der Waals surface area contributed by atoms with Gasteiger partial charge in [0.1, 0.15) is 6.10 Å². The van der Waals surface area contributed by atoms with Crippen molar-refractivity contribution in [1.82, 2.24) is 0 Å². The van der Waals surface area contributed by atoms with Gasteiger partial charge in [0, 0.05) is 13.0 Å². The molecule has 0 heterocycles. The van der Waals surface area contributed by atoms with Crippen LogP contribution in [0.4, 0.5) is 0 Å². The summed E-state index contributed by atoms with van der Waals surface area (Å²) in [5.74, 6) is -0.204. The second kappa shape index (κ2) is 39.1. The summed E-state index contributed by atoms with van der Waals surface area (Å²) < 4.78 is 11.1. The van der Waals surface area contributed by atoms with Crippen LogP contribution in [0.2, 0.25) is 0 Å². The van der Waals surface area contributed by atoms with Crippen LogP contribution in [0, 0.1) is 0 Å². The third kappa shape index (κ3) is 37.2. The van der Waals surface area contributed by atoms with E-state index in [9.17, 15) is 9.90 Å². The zero-order valence-corrected chi connectivity index (χ0v) is 30.4. The highest BCUT2D eigenvalue weighted by Crippen LogP contribution is 2.13. The molecule has 0 fully saturated rings. The lowest BCUT2D eigenvalue weighted by Gasteiger charge is -2.15. The summed E-state index contributed by atoms with van der Waals surface area (Å²) in [6.45, 7) is 5.33. The molecule has 1 N–H and O–H groups in total. The van der Waals surface area contributed by atoms with Gasteiger partial charge in [-0.3, -0.25) is 4.79 Å². The number of esters is 1. The van der Waals surface area contributed by atoms with E-state index in [0.717, 1.165) is 19.3 Å². The summed E-state index contributed by atoms with van der Waals surface area (Å²) in [6.07, 6.45) is 46.5. The summed E-state index contributed by atoms with van der Waals surface area (Å²) in [6, 6.07) is 0. The first-order valence-electron chi connectivity index (χ1n) is 19.9. The van der Waals surface area contributed by atoms with Gasteiger partial charge < -0.3 is 14.6 Å². The zero-order valence-electron chi connectivity index (χ0n) is 30.4. The number of aliphatic hydroxyl groups excluding tert-OH is 1. The van der Waals surface area contributed by atoms with Gasteiger partial charge in [0.05, 0.1) is 13.2 Å². The first kappa shape index (κ1) is 43.9. The molecule has 0 rings (SSSR count). The zero-order chi connectivity index (χ0) is 32.7. The second-order valence-corrected chi connectivity index (χ2v) is 13.3. The Kier molecular flexibility index (Phi) is 38.1. The summed E-state index contributed by atoms with van der Waals surface area (Å²) in [5.41, 5.74) is 0. The summed E-state index contributed by atoms with van der Waals surface area (Å²) in [7, 11) is 0. The topological polar surface area (TPSA) is 55.8 Å². The van der Waals surface area contributed by atoms with Gasteiger partial charge in [-0.25, -0.2) is 0 Å². The highest BCUT2D eigenvalue weighted by Gasteiger charge is 2.13. The number of aliphatic hydroxyl groups is 1. The SMILES string of the molecule is CCCCCC/C=C\CCCCCCCCOCC(CO)OC(=O)CCCCCCCCCCC/C=C\CCCCCCCC. The summed E-state index contributed by atoms with van der Waals surface area (Å²) in [5, 5.41) is 9.57. The van der Waals surface area contributed by atoms with Crippen molar-refractivity contribution in [2.24, 2.45) is 0 Å². The van der Waals surface area contributed by atoms with Crippen molar-refractivity contribution in [3.05, 3.63) is 24.3 Å². The number of hydrogen-bond acceptors (Lipinski definition) is 4.